The molecule has 1 rings (SSSR count). The number of aryl methyl sites for hydroxylation is 1. The largest absolute Gasteiger partial charge is 0.337 e. The van der Waals surface area contributed by atoms with Crippen LogP contribution in [0, 0.1) is 6.92 Å². The number of nitrogens with zero attached hydrogens (tertiary/aromatic N) is 1. The number of urea groups is 1. The Morgan fingerprint density at radius 3 is 2.48 bits per heavy atom. The summed E-state index contributed by atoms with van der Waals surface area (Å²) in [5.74, 6) is 0. The van der Waals surface area contributed by atoms with Crippen molar-refractivity contribution in [2.75, 3.05) is 27.2 Å². The molecule has 0 spiro atoms. The van der Waals surface area contributed by atoms with Gasteiger partial charge in [-0.25, -0.2) is 17.9 Å². The van der Waals surface area contributed by atoms with Crippen molar-refractivity contribution in [3.05, 3.63) is 29.3 Å². The van der Waals surface area contributed by atoms with Crippen LogP contribution in [0.25, 0.3) is 0 Å². The summed E-state index contributed by atoms with van der Waals surface area (Å²) in [4.78, 5) is 12.9. The lowest BCUT2D eigenvalue weighted by Gasteiger charge is -2.13. The van der Waals surface area contributed by atoms with Crippen molar-refractivity contribution in [3.8, 4) is 0 Å². The van der Waals surface area contributed by atoms with E-state index in [1.165, 1.54) is 11.0 Å². The molecule has 0 aromatic heterocycles. The van der Waals surface area contributed by atoms with Crippen molar-refractivity contribution in [2.45, 2.75) is 18.4 Å². The Labute approximate surface area is 125 Å². The van der Waals surface area contributed by atoms with Crippen molar-refractivity contribution in [1.82, 2.24) is 14.9 Å². The first-order valence-corrected chi connectivity index (χ1v) is 8.00. The Morgan fingerprint density at radius 1 is 1.29 bits per heavy atom. The van der Waals surface area contributed by atoms with Gasteiger partial charge in [0.2, 0.25) is 10.0 Å². The van der Waals surface area contributed by atoms with E-state index in [9.17, 15) is 13.2 Å². The molecule has 0 saturated heterocycles. The fraction of sp³-hybridized carbons (Fsp3) is 0.462. The lowest BCUT2D eigenvalue weighted by molar-refractivity contribution is 0.217. The maximum atomic E-state index is 12.2. The van der Waals surface area contributed by atoms with Crippen LogP contribution in [0.5, 0.6) is 0 Å². The van der Waals surface area contributed by atoms with E-state index in [0.29, 0.717) is 12.1 Å². The van der Waals surface area contributed by atoms with Gasteiger partial charge in [-0.2, -0.15) is 0 Å². The molecule has 4 N–H and O–H groups in total. The van der Waals surface area contributed by atoms with Gasteiger partial charge in [-0.05, 0) is 24.1 Å². The average molecular weight is 314 g/mol. The zero-order valence-corrected chi connectivity index (χ0v) is 13.3. The number of benzene rings is 1. The van der Waals surface area contributed by atoms with E-state index in [1.807, 2.05) is 0 Å². The van der Waals surface area contributed by atoms with Crippen molar-refractivity contribution < 1.29 is 13.2 Å². The third-order valence-electron chi connectivity index (χ3n) is 2.86. The van der Waals surface area contributed by atoms with Crippen molar-refractivity contribution in [2.24, 2.45) is 5.73 Å². The molecule has 0 saturated carbocycles. The van der Waals surface area contributed by atoms with Gasteiger partial charge >= 0.3 is 6.03 Å². The molecule has 0 fully saturated rings. The predicted octanol–water partition coefficient (Wildman–Crippen LogP) is 0.00322. The van der Waals surface area contributed by atoms with Gasteiger partial charge < -0.3 is 16.0 Å². The number of hydrogen-bond acceptors (Lipinski definition) is 4. The van der Waals surface area contributed by atoms with Crippen LogP contribution in [-0.2, 0) is 16.6 Å². The van der Waals surface area contributed by atoms with Crippen LogP contribution in [-0.4, -0.2) is 46.5 Å². The molecule has 0 radical (unpaired) electrons. The first-order valence-electron chi connectivity index (χ1n) is 6.52. The highest BCUT2D eigenvalue weighted by Crippen LogP contribution is 2.16. The van der Waals surface area contributed by atoms with Crippen LogP contribution >= 0.6 is 0 Å². The Bertz CT molecular complexity index is 599. The summed E-state index contributed by atoms with van der Waals surface area (Å²) < 4.78 is 26.8. The monoisotopic (exact) mass is 314 g/mol. The quantitative estimate of drug-likeness (QED) is 0.643. The topological polar surface area (TPSA) is 105 Å². The van der Waals surface area contributed by atoms with Crippen molar-refractivity contribution in [3.63, 3.8) is 0 Å². The van der Waals surface area contributed by atoms with Gasteiger partial charge in [0.05, 0.1) is 4.90 Å². The smallest absolute Gasteiger partial charge is 0.316 e. The maximum Gasteiger partial charge on any atom is 0.316 e. The second-order valence-electron chi connectivity index (χ2n) is 4.83. The van der Waals surface area contributed by atoms with E-state index >= 15 is 0 Å². The van der Waals surface area contributed by atoms with E-state index in [2.05, 4.69) is 10.0 Å². The third kappa shape index (κ3) is 5.00. The maximum absolute atomic E-state index is 12.2. The van der Waals surface area contributed by atoms with Crippen molar-refractivity contribution in [1.29, 1.82) is 0 Å². The number of hydrogen-bond donors (Lipinski definition) is 3. The molecule has 0 bridgehead atoms. The lowest BCUT2D eigenvalue weighted by Crippen LogP contribution is -2.39. The normalized spacial score (nSPS) is 11.2. The minimum absolute atomic E-state index is 0.125. The minimum Gasteiger partial charge on any atom is -0.337 e. The number of nitrogens with one attached hydrogen (secondary N) is 2. The molecule has 0 aliphatic heterocycles. The average Bonchev–Trinajstić information content (AvgIpc) is 2.42. The molecule has 1 aromatic rings. The second-order valence-corrected chi connectivity index (χ2v) is 6.56. The van der Waals surface area contributed by atoms with E-state index in [1.54, 1.807) is 33.2 Å². The molecule has 118 valence electrons. The molecular weight excluding hydrogens is 292 g/mol. The van der Waals surface area contributed by atoms with E-state index < -0.39 is 10.0 Å². The Morgan fingerprint density at radius 2 is 1.95 bits per heavy atom. The Kier molecular flexibility index (Phi) is 6.13. The highest BCUT2D eigenvalue weighted by atomic mass is 32.2. The van der Waals surface area contributed by atoms with Crippen molar-refractivity contribution >= 4 is 16.1 Å². The van der Waals surface area contributed by atoms with Gasteiger partial charge in [-0.3, -0.25) is 0 Å². The highest BCUT2D eigenvalue weighted by Gasteiger charge is 2.16. The molecule has 0 heterocycles. The summed E-state index contributed by atoms with van der Waals surface area (Å²) in [6.45, 7) is 2.43. The fourth-order valence-corrected chi connectivity index (χ4v) is 2.99. The molecule has 0 atom stereocenters. The molecule has 0 unspecified atom stereocenters. The highest BCUT2D eigenvalue weighted by molar-refractivity contribution is 7.89. The minimum atomic E-state index is -3.59. The first kappa shape index (κ1) is 17.4. The van der Waals surface area contributed by atoms with Gasteiger partial charge in [0.25, 0.3) is 0 Å². The van der Waals surface area contributed by atoms with Gasteiger partial charge in [-0.15, -0.1) is 0 Å². The van der Waals surface area contributed by atoms with Crippen LogP contribution in [0.3, 0.4) is 0 Å². The summed E-state index contributed by atoms with van der Waals surface area (Å²) in [5.41, 5.74) is 7.04. The number of carbonyl (C=O) groups is 1. The summed E-state index contributed by atoms with van der Waals surface area (Å²) in [6, 6.07) is 4.72. The lowest BCUT2D eigenvalue weighted by atomic mass is 10.1. The SMILES string of the molecule is Cc1cc(CN)ccc1S(=O)(=O)NCCNC(=O)N(C)C. The zero-order chi connectivity index (χ0) is 16.0. The van der Waals surface area contributed by atoms with Crippen LogP contribution in [0.15, 0.2) is 23.1 Å². The van der Waals surface area contributed by atoms with E-state index in [4.69, 9.17) is 5.73 Å². The van der Waals surface area contributed by atoms with Gasteiger partial charge in [-0.1, -0.05) is 12.1 Å². The van der Waals surface area contributed by atoms with E-state index in [0.717, 1.165) is 5.56 Å². The Hall–Kier alpha value is -1.64. The van der Waals surface area contributed by atoms with E-state index in [-0.39, 0.29) is 24.0 Å². The summed E-state index contributed by atoms with van der Waals surface area (Å²) in [6.07, 6.45) is 0. The molecule has 1 aromatic carbocycles. The predicted molar refractivity (Wildman–Crippen MR) is 81.3 cm³/mol. The molecule has 8 heteroatoms. The second kappa shape index (κ2) is 7.39. The number of rotatable bonds is 6. The number of amides is 2. The molecular formula is C13H22N4O3S. The molecule has 7 nitrogen and oxygen atoms in total. The van der Waals surface area contributed by atoms with Gasteiger partial charge in [0.1, 0.15) is 0 Å². The molecule has 2 amide bonds. The molecule has 0 aliphatic rings. The number of carbonyl (C=O) groups excluding carboxylic acids is 1. The van der Waals surface area contributed by atoms with Crippen LogP contribution in [0.1, 0.15) is 11.1 Å². The standard InChI is InChI=1S/C13H22N4O3S/c1-10-8-11(9-14)4-5-12(10)21(19,20)16-7-6-15-13(18)17(2)3/h4-5,8,16H,6-7,9,14H2,1-3H3,(H,15,18). The molecule has 0 aliphatic carbocycles. The van der Waals surface area contributed by atoms with Crippen LogP contribution in [0.4, 0.5) is 4.79 Å². The third-order valence-corrected chi connectivity index (χ3v) is 4.49. The summed E-state index contributed by atoms with van der Waals surface area (Å²) >= 11 is 0. The van der Waals surface area contributed by atoms with Gasteiger partial charge in [0, 0.05) is 33.7 Å². The fourth-order valence-electron chi connectivity index (χ4n) is 1.73. The molecule has 21 heavy (non-hydrogen) atoms. The summed E-state index contributed by atoms with van der Waals surface area (Å²) in [5, 5.41) is 2.58. The van der Waals surface area contributed by atoms with Crippen LogP contribution in [0.2, 0.25) is 0 Å². The number of nitrogens with two attached hydrogens (primary N) is 1. The Balaban J connectivity index is 2.64. The van der Waals surface area contributed by atoms with Crippen LogP contribution < -0.4 is 15.8 Å². The first-order chi connectivity index (χ1) is 9.77. The zero-order valence-electron chi connectivity index (χ0n) is 12.5. The summed E-state index contributed by atoms with van der Waals surface area (Å²) in [7, 11) is -0.364. The number of sulfonamides is 1. The van der Waals surface area contributed by atoms with Gasteiger partial charge in [0.15, 0.2) is 0 Å².